The molecular weight excluding hydrogens is 148 g/mol. The quantitative estimate of drug-likeness (QED) is 0.654. The van der Waals surface area contributed by atoms with E-state index in [1.807, 2.05) is 6.20 Å². The van der Waals surface area contributed by atoms with E-state index in [9.17, 15) is 0 Å². The molecule has 1 aromatic rings. The molecule has 12 heavy (non-hydrogen) atoms. The average molecular weight is 162 g/mol. The second-order valence-corrected chi connectivity index (χ2v) is 3.54. The summed E-state index contributed by atoms with van der Waals surface area (Å²) in [7, 11) is 0. The first-order valence-electron chi connectivity index (χ1n) is 4.50. The van der Waals surface area contributed by atoms with Gasteiger partial charge in [0, 0.05) is 36.1 Å². The van der Waals surface area contributed by atoms with Crippen LogP contribution in [0.3, 0.4) is 0 Å². The number of fused-ring (bicyclic) bond motifs is 1. The number of aromatic nitrogens is 1. The standard InChI is InChI=1S/C10H14N2/c1-7(2)10-8-3-5-11-9(8)4-6-12-10/h3,5,7,11H,4,6H2,1-2H3. The van der Waals surface area contributed by atoms with Crippen LogP contribution in [-0.2, 0) is 6.42 Å². The third-order valence-electron chi connectivity index (χ3n) is 2.30. The van der Waals surface area contributed by atoms with Crippen molar-refractivity contribution >= 4 is 5.71 Å². The average Bonchev–Trinajstić information content (AvgIpc) is 2.49. The van der Waals surface area contributed by atoms with Crippen molar-refractivity contribution in [2.75, 3.05) is 6.54 Å². The van der Waals surface area contributed by atoms with Crippen molar-refractivity contribution in [1.29, 1.82) is 0 Å². The second-order valence-electron chi connectivity index (χ2n) is 3.54. The van der Waals surface area contributed by atoms with E-state index < -0.39 is 0 Å². The summed E-state index contributed by atoms with van der Waals surface area (Å²) in [5.74, 6) is 0.542. The van der Waals surface area contributed by atoms with Crippen molar-refractivity contribution in [3.05, 3.63) is 23.5 Å². The molecule has 2 nitrogen and oxygen atoms in total. The van der Waals surface area contributed by atoms with Crippen molar-refractivity contribution in [2.24, 2.45) is 10.9 Å². The minimum absolute atomic E-state index is 0.542. The normalized spacial score (nSPS) is 16.1. The molecule has 2 heterocycles. The maximum atomic E-state index is 4.54. The van der Waals surface area contributed by atoms with E-state index in [-0.39, 0.29) is 0 Å². The smallest absolute Gasteiger partial charge is 0.0464 e. The van der Waals surface area contributed by atoms with Gasteiger partial charge in [0.15, 0.2) is 0 Å². The van der Waals surface area contributed by atoms with Crippen LogP contribution >= 0.6 is 0 Å². The highest BCUT2D eigenvalue weighted by Crippen LogP contribution is 2.18. The third-order valence-corrected chi connectivity index (χ3v) is 2.30. The summed E-state index contributed by atoms with van der Waals surface area (Å²) in [6, 6.07) is 2.13. The fraction of sp³-hybridized carbons (Fsp3) is 0.500. The molecule has 0 aromatic carbocycles. The van der Waals surface area contributed by atoms with Crippen molar-refractivity contribution in [3.63, 3.8) is 0 Å². The first-order valence-corrected chi connectivity index (χ1v) is 4.50. The van der Waals surface area contributed by atoms with Crippen molar-refractivity contribution in [1.82, 2.24) is 4.98 Å². The molecule has 0 saturated heterocycles. The minimum Gasteiger partial charge on any atom is -0.364 e. The molecule has 1 aromatic heterocycles. The Hall–Kier alpha value is -1.05. The molecule has 0 amide bonds. The number of nitrogens with one attached hydrogen (secondary N) is 1. The van der Waals surface area contributed by atoms with Crippen LogP contribution in [0.15, 0.2) is 17.3 Å². The number of rotatable bonds is 1. The molecule has 0 bridgehead atoms. The predicted molar refractivity (Wildman–Crippen MR) is 50.7 cm³/mol. The summed E-state index contributed by atoms with van der Waals surface area (Å²) in [4.78, 5) is 7.80. The van der Waals surface area contributed by atoms with Crippen molar-refractivity contribution in [2.45, 2.75) is 20.3 Å². The maximum Gasteiger partial charge on any atom is 0.0464 e. The van der Waals surface area contributed by atoms with E-state index in [1.165, 1.54) is 17.0 Å². The van der Waals surface area contributed by atoms with Gasteiger partial charge in [-0.3, -0.25) is 4.99 Å². The van der Waals surface area contributed by atoms with Crippen LogP contribution in [-0.4, -0.2) is 17.2 Å². The van der Waals surface area contributed by atoms with Gasteiger partial charge in [-0.2, -0.15) is 0 Å². The summed E-state index contributed by atoms with van der Waals surface area (Å²) in [6.45, 7) is 5.34. The molecule has 2 heteroatoms. The molecule has 0 unspecified atom stereocenters. The fourth-order valence-electron chi connectivity index (χ4n) is 1.72. The Kier molecular flexibility index (Phi) is 1.75. The van der Waals surface area contributed by atoms with E-state index in [1.54, 1.807) is 0 Å². The summed E-state index contributed by atoms with van der Waals surface area (Å²) in [5.41, 5.74) is 3.95. The van der Waals surface area contributed by atoms with Gasteiger partial charge >= 0.3 is 0 Å². The molecule has 1 aliphatic rings. The topological polar surface area (TPSA) is 28.1 Å². The van der Waals surface area contributed by atoms with Crippen LogP contribution in [0.2, 0.25) is 0 Å². The Balaban J connectivity index is 2.43. The van der Waals surface area contributed by atoms with E-state index in [4.69, 9.17) is 0 Å². The number of H-pyrrole nitrogens is 1. The molecule has 0 fully saturated rings. The van der Waals surface area contributed by atoms with Crippen LogP contribution in [0.25, 0.3) is 0 Å². The lowest BCUT2D eigenvalue weighted by Crippen LogP contribution is -2.16. The van der Waals surface area contributed by atoms with E-state index in [0.717, 1.165) is 13.0 Å². The molecule has 0 spiro atoms. The molecule has 2 rings (SSSR count). The zero-order valence-corrected chi connectivity index (χ0v) is 7.59. The van der Waals surface area contributed by atoms with E-state index in [2.05, 4.69) is 29.9 Å². The van der Waals surface area contributed by atoms with Crippen LogP contribution in [0, 0.1) is 5.92 Å². The summed E-state index contributed by atoms with van der Waals surface area (Å²) >= 11 is 0. The van der Waals surface area contributed by atoms with E-state index >= 15 is 0 Å². The summed E-state index contributed by atoms with van der Waals surface area (Å²) in [5, 5.41) is 0. The zero-order valence-electron chi connectivity index (χ0n) is 7.59. The third kappa shape index (κ3) is 1.07. The molecule has 0 atom stereocenters. The minimum atomic E-state index is 0.542. The number of nitrogens with zero attached hydrogens (tertiary/aromatic N) is 1. The molecule has 1 N–H and O–H groups in total. The van der Waals surface area contributed by atoms with Gasteiger partial charge in [0.05, 0.1) is 0 Å². The fourth-order valence-corrected chi connectivity index (χ4v) is 1.72. The van der Waals surface area contributed by atoms with Gasteiger partial charge < -0.3 is 4.98 Å². The van der Waals surface area contributed by atoms with Gasteiger partial charge in [-0.25, -0.2) is 0 Å². The highest BCUT2D eigenvalue weighted by molar-refractivity contribution is 6.03. The van der Waals surface area contributed by atoms with E-state index in [0.29, 0.717) is 5.92 Å². The molecule has 0 radical (unpaired) electrons. The van der Waals surface area contributed by atoms with Crippen LogP contribution in [0.4, 0.5) is 0 Å². The second kappa shape index (κ2) is 2.77. The van der Waals surface area contributed by atoms with Gasteiger partial charge in [0.1, 0.15) is 0 Å². The van der Waals surface area contributed by atoms with Crippen LogP contribution in [0.1, 0.15) is 25.1 Å². The largest absolute Gasteiger partial charge is 0.364 e. The van der Waals surface area contributed by atoms with Gasteiger partial charge in [-0.1, -0.05) is 13.8 Å². The van der Waals surface area contributed by atoms with Crippen molar-refractivity contribution in [3.8, 4) is 0 Å². The molecular formula is C10H14N2. The predicted octanol–water partition coefficient (Wildman–Crippen LogP) is 2.02. The molecule has 64 valence electrons. The lowest BCUT2D eigenvalue weighted by Gasteiger charge is -2.15. The lowest BCUT2D eigenvalue weighted by molar-refractivity contribution is 0.832. The highest BCUT2D eigenvalue weighted by Gasteiger charge is 2.16. The molecule has 1 aliphatic heterocycles. The zero-order chi connectivity index (χ0) is 8.55. The Labute approximate surface area is 72.7 Å². The van der Waals surface area contributed by atoms with Gasteiger partial charge in [-0.05, 0) is 12.0 Å². The Morgan fingerprint density at radius 1 is 1.50 bits per heavy atom. The SMILES string of the molecule is CC(C)C1=NCCc2[nH]ccc21. The summed E-state index contributed by atoms with van der Waals surface area (Å²) < 4.78 is 0. The number of aromatic amines is 1. The maximum absolute atomic E-state index is 4.54. The van der Waals surface area contributed by atoms with Gasteiger partial charge in [0.2, 0.25) is 0 Å². The van der Waals surface area contributed by atoms with Crippen LogP contribution < -0.4 is 0 Å². The van der Waals surface area contributed by atoms with Gasteiger partial charge in [-0.15, -0.1) is 0 Å². The lowest BCUT2D eigenvalue weighted by atomic mass is 9.97. The first-order chi connectivity index (χ1) is 5.79. The van der Waals surface area contributed by atoms with Crippen LogP contribution in [0.5, 0.6) is 0 Å². The number of aliphatic imine (C=N–C) groups is 1. The van der Waals surface area contributed by atoms with Gasteiger partial charge in [0.25, 0.3) is 0 Å². The Morgan fingerprint density at radius 3 is 3.08 bits per heavy atom. The monoisotopic (exact) mass is 162 g/mol. The summed E-state index contributed by atoms with van der Waals surface area (Å²) in [6.07, 6.45) is 3.08. The Bertz CT molecular complexity index is 307. The molecule has 0 saturated carbocycles. The highest BCUT2D eigenvalue weighted by atomic mass is 14.8. The molecule has 0 aliphatic carbocycles. The van der Waals surface area contributed by atoms with Crippen molar-refractivity contribution < 1.29 is 0 Å². The number of hydrogen-bond donors (Lipinski definition) is 1. The first kappa shape index (κ1) is 7.59. The Morgan fingerprint density at radius 2 is 2.33 bits per heavy atom. The number of hydrogen-bond acceptors (Lipinski definition) is 1.